The lowest BCUT2D eigenvalue weighted by molar-refractivity contribution is 0.102. The molecule has 128 valence electrons. The van der Waals surface area contributed by atoms with Gasteiger partial charge in [-0.1, -0.05) is 24.3 Å². The van der Waals surface area contributed by atoms with Crippen LogP contribution < -0.4 is 10.1 Å². The highest BCUT2D eigenvalue weighted by Gasteiger charge is 2.11. The van der Waals surface area contributed by atoms with Crippen molar-refractivity contribution in [3.63, 3.8) is 0 Å². The Morgan fingerprint density at radius 1 is 1.08 bits per heavy atom. The molecule has 0 atom stereocenters. The minimum absolute atomic E-state index is 0.164. The number of nitrogens with one attached hydrogen (secondary N) is 2. The van der Waals surface area contributed by atoms with Gasteiger partial charge in [0.1, 0.15) is 12.4 Å². The summed E-state index contributed by atoms with van der Waals surface area (Å²) in [6.07, 6.45) is 5.32. The van der Waals surface area contributed by atoms with Gasteiger partial charge in [-0.2, -0.15) is 0 Å². The number of amides is 1. The van der Waals surface area contributed by atoms with Crippen LogP contribution in [0.2, 0.25) is 0 Å². The summed E-state index contributed by atoms with van der Waals surface area (Å²) in [4.78, 5) is 19.8. The zero-order valence-electron chi connectivity index (χ0n) is 14.0. The molecule has 1 amide bonds. The molecule has 0 fully saturated rings. The number of carbonyl (C=O) groups is 1. The van der Waals surface area contributed by atoms with E-state index in [-0.39, 0.29) is 5.91 Å². The zero-order valence-corrected chi connectivity index (χ0v) is 14.0. The fourth-order valence-corrected chi connectivity index (χ4v) is 2.79. The Balaban J connectivity index is 1.48. The van der Waals surface area contributed by atoms with Gasteiger partial charge in [0.05, 0.1) is 11.1 Å². The lowest BCUT2D eigenvalue weighted by Crippen LogP contribution is -2.12. The quantitative estimate of drug-likeness (QED) is 0.564. The molecule has 0 aliphatic rings. The lowest BCUT2D eigenvalue weighted by Gasteiger charge is -2.10. The first-order valence-corrected chi connectivity index (χ1v) is 8.29. The number of fused-ring (bicyclic) bond motifs is 1. The van der Waals surface area contributed by atoms with Gasteiger partial charge < -0.3 is 15.0 Å². The van der Waals surface area contributed by atoms with Crippen LogP contribution in [-0.4, -0.2) is 15.9 Å². The van der Waals surface area contributed by atoms with E-state index in [1.165, 1.54) is 0 Å². The second-order valence-corrected chi connectivity index (χ2v) is 5.88. The zero-order chi connectivity index (χ0) is 17.8. The number of ether oxygens (including phenoxy) is 1. The monoisotopic (exact) mass is 343 g/mol. The Morgan fingerprint density at radius 3 is 2.88 bits per heavy atom. The van der Waals surface area contributed by atoms with Gasteiger partial charge in [0.25, 0.3) is 5.91 Å². The van der Waals surface area contributed by atoms with Crippen LogP contribution >= 0.6 is 0 Å². The molecular formula is C21H17N3O2. The fourth-order valence-electron chi connectivity index (χ4n) is 2.79. The van der Waals surface area contributed by atoms with Crippen molar-refractivity contribution in [1.82, 2.24) is 9.97 Å². The number of carbonyl (C=O) groups excluding carboxylic acids is 1. The summed E-state index contributed by atoms with van der Waals surface area (Å²) in [5.74, 6) is 0.521. The van der Waals surface area contributed by atoms with Crippen molar-refractivity contribution in [2.24, 2.45) is 0 Å². The van der Waals surface area contributed by atoms with Crippen LogP contribution in [0.3, 0.4) is 0 Å². The van der Waals surface area contributed by atoms with E-state index >= 15 is 0 Å². The van der Waals surface area contributed by atoms with Gasteiger partial charge in [-0.3, -0.25) is 9.78 Å². The van der Waals surface area contributed by atoms with E-state index in [1.54, 1.807) is 18.5 Å². The predicted molar refractivity (Wildman–Crippen MR) is 101 cm³/mol. The molecular weight excluding hydrogens is 326 g/mol. The molecule has 0 radical (unpaired) electrons. The van der Waals surface area contributed by atoms with Crippen molar-refractivity contribution in [3.05, 3.63) is 90.4 Å². The molecule has 2 N–H and O–H groups in total. The number of nitrogens with zero attached hydrogens (tertiary/aromatic N) is 1. The number of hydrogen-bond donors (Lipinski definition) is 2. The first kappa shape index (κ1) is 15.9. The van der Waals surface area contributed by atoms with Gasteiger partial charge in [0.15, 0.2) is 0 Å². The maximum Gasteiger partial charge on any atom is 0.257 e. The van der Waals surface area contributed by atoms with Crippen LogP contribution in [0.15, 0.2) is 79.3 Å². The second kappa shape index (κ2) is 7.11. The summed E-state index contributed by atoms with van der Waals surface area (Å²) in [7, 11) is 0. The van der Waals surface area contributed by atoms with E-state index in [9.17, 15) is 4.79 Å². The number of aromatic amines is 1. The highest BCUT2D eigenvalue weighted by Crippen LogP contribution is 2.21. The summed E-state index contributed by atoms with van der Waals surface area (Å²) < 4.78 is 5.78. The smallest absolute Gasteiger partial charge is 0.257 e. The van der Waals surface area contributed by atoms with Gasteiger partial charge in [0, 0.05) is 41.3 Å². The van der Waals surface area contributed by atoms with Crippen molar-refractivity contribution in [2.45, 2.75) is 6.61 Å². The molecule has 0 saturated heterocycles. The molecule has 0 saturated carbocycles. The number of anilines is 1. The van der Waals surface area contributed by atoms with Crippen LogP contribution in [-0.2, 0) is 6.61 Å². The molecule has 5 heteroatoms. The largest absolute Gasteiger partial charge is 0.489 e. The average molecular weight is 343 g/mol. The Labute approximate surface area is 150 Å². The molecule has 2 aromatic heterocycles. The first-order valence-electron chi connectivity index (χ1n) is 8.29. The molecule has 2 aromatic carbocycles. The highest BCUT2D eigenvalue weighted by atomic mass is 16.5. The molecule has 4 rings (SSSR count). The number of H-pyrrole nitrogens is 1. The van der Waals surface area contributed by atoms with Gasteiger partial charge in [-0.25, -0.2) is 0 Å². The summed E-state index contributed by atoms with van der Waals surface area (Å²) in [6, 6.07) is 18.8. The molecule has 4 aromatic rings. The van der Waals surface area contributed by atoms with Crippen LogP contribution in [0, 0.1) is 0 Å². The predicted octanol–water partition coefficient (Wildman–Crippen LogP) is 4.39. The number of rotatable bonds is 5. The molecule has 5 nitrogen and oxygen atoms in total. The molecule has 2 heterocycles. The van der Waals surface area contributed by atoms with Crippen molar-refractivity contribution in [3.8, 4) is 5.75 Å². The first-order chi connectivity index (χ1) is 12.8. The van der Waals surface area contributed by atoms with Crippen LogP contribution in [0.4, 0.5) is 5.69 Å². The van der Waals surface area contributed by atoms with Crippen LogP contribution in [0.5, 0.6) is 5.75 Å². The standard InChI is InChI=1S/C21H17N3O2/c25-21(19-8-1-5-16-9-11-23-20(16)19)24-17-6-2-7-18(12-17)26-14-15-4-3-10-22-13-15/h1-13,23H,14H2,(H,24,25). The third kappa shape index (κ3) is 3.42. The maximum absolute atomic E-state index is 12.6. The number of aromatic nitrogens is 2. The van der Waals surface area contributed by atoms with E-state index in [4.69, 9.17) is 4.74 Å². The SMILES string of the molecule is O=C(Nc1cccc(OCc2cccnc2)c1)c1cccc2cc[nH]c12. The van der Waals surface area contributed by atoms with Crippen molar-refractivity contribution >= 4 is 22.5 Å². The number of hydrogen-bond acceptors (Lipinski definition) is 3. The molecule has 0 aliphatic carbocycles. The fraction of sp³-hybridized carbons (Fsp3) is 0.0476. The Bertz CT molecular complexity index is 1040. The van der Waals surface area contributed by atoms with Crippen LogP contribution in [0.1, 0.15) is 15.9 Å². The van der Waals surface area contributed by atoms with Crippen molar-refractivity contribution < 1.29 is 9.53 Å². The van der Waals surface area contributed by atoms with Gasteiger partial charge >= 0.3 is 0 Å². The Morgan fingerprint density at radius 2 is 2.00 bits per heavy atom. The van der Waals surface area contributed by atoms with E-state index in [2.05, 4.69) is 15.3 Å². The Kier molecular flexibility index (Phi) is 4.35. The van der Waals surface area contributed by atoms with E-state index in [0.29, 0.717) is 23.6 Å². The average Bonchev–Trinajstić information content (AvgIpc) is 3.16. The topological polar surface area (TPSA) is 67.0 Å². The lowest BCUT2D eigenvalue weighted by atomic mass is 10.1. The van der Waals surface area contributed by atoms with E-state index < -0.39 is 0 Å². The van der Waals surface area contributed by atoms with Gasteiger partial charge in [-0.15, -0.1) is 0 Å². The third-order valence-electron chi connectivity index (χ3n) is 4.05. The molecule has 26 heavy (non-hydrogen) atoms. The van der Waals surface area contributed by atoms with E-state index in [0.717, 1.165) is 16.5 Å². The number of benzene rings is 2. The molecule has 0 spiro atoms. The normalized spacial score (nSPS) is 10.6. The molecule has 0 bridgehead atoms. The minimum atomic E-state index is -0.164. The molecule has 0 aliphatic heterocycles. The summed E-state index contributed by atoms with van der Waals surface area (Å²) in [5.41, 5.74) is 3.10. The summed E-state index contributed by atoms with van der Waals surface area (Å²) in [6.45, 7) is 0.424. The van der Waals surface area contributed by atoms with E-state index in [1.807, 2.05) is 60.8 Å². The second-order valence-electron chi connectivity index (χ2n) is 5.88. The third-order valence-corrected chi connectivity index (χ3v) is 4.05. The number of pyridine rings is 1. The van der Waals surface area contributed by atoms with Gasteiger partial charge in [0.2, 0.25) is 0 Å². The van der Waals surface area contributed by atoms with Crippen molar-refractivity contribution in [2.75, 3.05) is 5.32 Å². The maximum atomic E-state index is 12.6. The Hall–Kier alpha value is -3.60. The summed E-state index contributed by atoms with van der Waals surface area (Å²) in [5, 5.41) is 3.93. The highest BCUT2D eigenvalue weighted by molar-refractivity contribution is 6.12. The summed E-state index contributed by atoms with van der Waals surface area (Å²) >= 11 is 0. The number of para-hydroxylation sites is 1. The molecule has 0 unspecified atom stereocenters. The van der Waals surface area contributed by atoms with Crippen molar-refractivity contribution in [1.29, 1.82) is 0 Å². The van der Waals surface area contributed by atoms with Crippen LogP contribution in [0.25, 0.3) is 10.9 Å². The minimum Gasteiger partial charge on any atom is -0.489 e. The van der Waals surface area contributed by atoms with Gasteiger partial charge in [-0.05, 0) is 30.3 Å².